The largest absolute Gasteiger partial charge is 0.491 e. The molecule has 26 heavy (non-hydrogen) atoms. The first-order valence-electron chi connectivity index (χ1n) is 9.10. The van der Waals surface area contributed by atoms with E-state index < -0.39 is 6.10 Å². The first-order valence-corrected chi connectivity index (χ1v) is 9.10. The highest BCUT2D eigenvalue weighted by Crippen LogP contribution is 2.23. The summed E-state index contributed by atoms with van der Waals surface area (Å²) in [7, 11) is 0. The molecule has 1 saturated heterocycles. The Balaban J connectivity index is 1.44. The van der Waals surface area contributed by atoms with Gasteiger partial charge in [0.25, 0.3) is 0 Å². The molecule has 2 aromatic rings. The lowest BCUT2D eigenvalue weighted by atomic mass is 10.2. The van der Waals surface area contributed by atoms with Gasteiger partial charge in [0.15, 0.2) is 0 Å². The number of β-amino-alcohol motifs (C(OH)–C–C–N with tert-alkyl or cyclic N) is 1. The third-order valence-electron chi connectivity index (χ3n) is 4.21. The van der Waals surface area contributed by atoms with E-state index >= 15 is 0 Å². The lowest BCUT2D eigenvalue weighted by molar-refractivity contribution is -0.0786. The minimum atomic E-state index is -0.534. The summed E-state index contributed by atoms with van der Waals surface area (Å²) in [5, 5.41) is 10.3. The topological polar surface area (TPSA) is 51.2 Å². The molecule has 0 amide bonds. The number of nitrogens with zero attached hydrogens (tertiary/aromatic N) is 1. The van der Waals surface area contributed by atoms with Crippen LogP contribution in [0.3, 0.4) is 0 Å². The molecular formula is C21H27NO4. The summed E-state index contributed by atoms with van der Waals surface area (Å²) >= 11 is 0. The molecule has 1 aliphatic rings. The Kier molecular flexibility index (Phi) is 6.50. The Morgan fingerprint density at radius 1 is 0.962 bits per heavy atom. The number of benzene rings is 2. The van der Waals surface area contributed by atoms with Crippen molar-refractivity contribution in [2.24, 2.45) is 0 Å². The van der Waals surface area contributed by atoms with E-state index in [1.165, 1.54) is 0 Å². The molecule has 140 valence electrons. The van der Waals surface area contributed by atoms with Crippen molar-refractivity contribution in [3.05, 3.63) is 54.6 Å². The van der Waals surface area contributed by atoms with Gasteiger partial charge in [0.05, 0.1) is 12.2 Å². The van der Waals surface area contributed by atoms with Gasteiger partial charge < -0.3 is 19.3 Å². The maximum absolute atomic E-state index is 10.3. The SMILES string of the molecule is C[C@@H]1CN(C[C@H](O)COc2ccc(Oc3ccccc3)cc2)C[C@@H](C)O1. The second-order valence-electron chi connectivity index (χ2n) is 6.83. The molecule has 1 heterocycles. The van der Waals surface area contributed by atoms with Crippen molar-refractivity contribution in [3.63, 3.8) is 0 Å². The average Bonchev–Trinajstić information content (AvgIpc) is 2.61. The number of rotatable bonds is 7. The van der Waals surface area contributed by atoms with Crippen LogP contribution < -0.4 is 9.47 Å². The van der Waals surface area contributed by atoms with Crippen molar-refractivity contribution in [2.45, 2.75) is 32.2 Å². The fourth-order valence-electron chi connectivity index (χ4n) is 3.21. The molecule has 0 bridgehead atoms. The minimum Gasteiger partial charge on any atom is -0.491 e. The summed E-state index contributed by atoms with van der Waals surface area (Å²) in [6, 6.07) is 17.1. The molecule has 0 aliphatic carbocycles. The average molecular weight is 357 g/mol. The molecule has 0 saturated carbocycles. The standard InChI is InChI=1S/C21H27NO4/c1-16-12-22(13-17(2)25-16)14-18(23)15-24-19-8-10-21(11-9-19)26-20-6-4-3-5-7-20/h3-11,16-18,23H,12-15H2,1-2H3/t16-,17-,18+/m1/s1. The van der Waals surface area contributed by atoms with Crippen LogP contribution in [0.15, 0.2) is 54.6 Å². The number of hydrogen-bond acceptors (Lipinski definition) is 5. The van der Waals surface area contributed by atoms with Crippen molar-refractivity contribution < 1.29 is 19.3 Å². The van der Waals surface area contributed by atoms with E-state index in [0.29, 0.717) is 12.3 Å². The molecule has 1 fully saturated rings. The van der Waals surface area contributed by atoms with Crippen LogP contribution in [0.5, 0.6) is 17.2 Å². The van der Waals surface area contributed by atoms with Gasteiger partial charge in [0, 0.05) is 19.6 Å². The van der Waals surface area contributed by atoms with Crippen molar-refractivity contribution in [1.82, 2.24) is 4.90 Å². The molecule has 5 nitrogen and oxygen atoms in total. The highest BCUT2D eigenvalue weighted by Gasteiger charge is 2.23. The second-order valence-corrected chi connectivity index (χ2v) is 6.83. The van der Waals surface area contributed by atoms with Crippen LogP contribution in [0.2, 0.25) is 0 Å². The van der Waals surface area contributed by atoms with Gasteiger partial charge in [-0.3, -0.25) is 4.90 Å². The van der Waals surface area contributed by atoms with Gasteiger partial charge in [0.2, 0.25) is 0 Å². The van der Waals surface area contributed by atoms with Crippen LogP contribution >= 0.6 is 0 Å². The minimum absolute atomic E-state index is 0.198. The number of ether oxygens (including phenoxy) is 3. The van der Waals surface area contributed by atoms with E-state index in [-0.39, 0.29) is 18.8 Å². The fourth-order valence-corrected chi connectivity index (χ4v) is 3.21. The number of aliphatic hydroxyl groups is 1. The Morgan fingerprint density at radius 2 is 1.54 bits per heavy atom. The zero-order chi connectivity index (χ0) is 18.4. The number of morpholine rings is 1. The van der Waals surface area contributed by atoms with Gasteiger partial charge in [-0.05, 0) is 50.2 Å². The lowest BCUT2D eigenvalue weighted by Gasteiger charge is -2.36. The maximum Gasteiger partial charge on any atom is 0.127 e. The molecule has 1 aliphatic heterocycles. The van der Waals surface area contributed by atoms with Crippen molar-refractivity contribution in [1.29, 1.82) is 0 Å². The van der Waals surface area contributed by atoms with Crippen LogP contribution in [0.4, 0.5) is 0 Å². The predicted octanol–water partition coefficient (Wildman–Crippen LogP) is 3.33. The molecule has 2 aromatic carbocycles. The van der Waals surface area contributed by atoms with Crippen LogP contribution in [0, 0.1) is 0 Å². The molecule has 1 N–H and O–H groups in total. The van der Waals surface area contributed by atoms with Crippen LogP contribution in [-0.2, 0) is 4.74 Å². The van der Waals surface area contributed by atoms with Crippen molar-refractivity contribution in [2.75, 3.05) is 26.2 Å². The van der Waals surface area contributed by atoms with Gasteiger partial charge in [-0.15, -0.1) is 0 Å². The normalized spacial score (nSPS) is 22.0. The van der Waals surface area contributed by atoms with E-state index in [4.69, 9.17) is 14.2 Å². The highest BCUT2D eigenvalue weighted by molar-refractivity contribution is 5.35. The van der Waals surface area contributed by atoms with Gasteiger partial charge in [-0.2, -0.15) is 0 Å². The quantitative estimate of drug-likeness (QED) is 0.824. The van der Waals surface area contributed by atoms with E-state index in [0.717, 1.165) is 24.6 Å². The Bertz CT molecular complexity index is 651. The van der Waals surface area contributed by atoms with E-state index in [9.17, 15) is 5.11 Å². The summed E-state index contributed by atoms with van der Waals surface area (Å²) in [6.45, 7) is 6.65. The molecule has 0 spiro atoms. The third kappa shape index (κ3) is 5.73. The summed E-state index contributed by atoms with van der Waals surface area (Å²) in [5.74, 6) is 2.26. The number of hydrogen-bond donors (Lipinski definition) is 1. The summed E-state index contributed by atoms with van der Waals surface area (Å²) < 4.78 is 17.2. The highest BCUT2D eigenvalue weighted by atomic mass is 16.5. The zero-order valence-corrected chi connectivity index (χ0v) is 15.4. The van der Waals surface area contributed by atoms with Gasteiger partial charge in [0.1, 0.15) is 30.0 Å². The third-order valence-corrected chi connectivity index (χ3v) is 4.21. The molecule has 3 rings (SSSR count). The zero-order valence-electron chi connectivity index (χ0n) is 15.4. The first kappa shape index (κ1) is 18.7. The maximum atomic E-state index is 10.3. The smallest absolute Gasteiger partial charge is 0.127 e. The Morgan fingerprint density at radius 3 is 2.19 bits per heavy atom. The Labute approximate surface area is 155 Å². The van der Waals surface area contributed by atoms with E-state index in [1.807, 2.05) is 54.6 Å². The van der Waals surface area contributed by atoms with Gasteiger partial charge in [-0.1, -0.05) is 18.2 Å². The van der Waals surface area contributed by atoms with Crippen molar-refractivity contribution >= 4 is 0 Å². The lowest BCUT2D eigenvalue weighted by Crippen LogP contribution is -2.48. The van der Waals surface area contributed by atoms with Crippen molar-refractivity contribution in [3.8, 4) is 17.2 Å². The monoisotopic (exact) mass is 357 g/mol. The summed E-state index contributed by atoms with van der Waals surface area (Å²) in [5.41, 5.74) is 0. The molecule has 0 aromatic heterocycles. The molecule has 0 unspecified atom stereocenters. The molecular weight excluding hydrogens is 330 g/mol. The molecule has 5 heteroatoms. The number of para-hydroxylation sites is 1. The fraction of sp³-hybridized carbons (Fsp3) is 0.429. The summed E-state index contributed by atoms with van der Waals surface area (Å²) in [6.07, 6.45) is -0.138. The first-order chi connectivity index (χ1) is 12.6. The summed E-state index contributed by atoms with van der Waals surface area (Å²) in [4.78, 5) is 2.23. The molecule has 0 radical (unpaired) electrons. The second kappa shape index (κ2) is 9.03. The van der Waals surface area contributed by atoms with Gasteiger partial charge in [-0.25, -0.2) is 0 Å². The number of aliphatic hydroxyl groups excluding tert-OH is 1. The van der Waals surface area contributed by atoms with Gasteiger partial charge >= 0.3 is 0 Å². The Hall–Kier alpha value is -2.08. The molecule has 3 atom stereocenters. The van der Waals surface area contributed by atoms with Crippen LogP contribution in [0.1, 0.15) is 13.8 Å². The van der Waals surface area contributed by atoms with E-state index in [1.54, 1.807) is 0 Å². The van der Waals surface area contributed by atoms with Crippen LogP contribution in [-0.4, -0.2) is 54.6 Å². The predicted molar refractivity (Wildman–Crippen MR) is 101 cm³/mol. The van der Waals surface area contributed by atoms with Crippen LogP contribution in [0.25, 0.3) is 0 Å². The van der Waals surface area contributed by atoms with E-state index in [2.05, 4.69) is 18.7 Å².